The van der Waals surface area contributed by atoms with Crippen molar-refractivity contribution in [2.24, 2.45) is 5.92 Å². The van der Waals surface area contributed by atoms with Crippen LogP contribution in [0, 0.1) is 5.92 Å². The van der Waals surface area contributed by atoms with Gasteiger partial charge >= 0.3 is 0 Å². The molecule has 1 heterocycles. The summed E-state index contributed by atoms with van der Waals surface area (Å²) in [5.41, 5.74) is 4.07. The summed E-state index contributed by atoms with van der Waals surface area (Å²) >= 11 is 0. The predicted molar refractivity (Wildman–Crippen MR) is 84.1 cm³/mol. The lowest BCUT2D eigenvalue weighted by atomic mass is 9.77. The largest absolute Gasteiger partial charge is 0.508 e. The number of rotatable bonds is 3. The molecule has 21 heavy (non-hydrogen) atoms. The second-order valence-corrected chi connectivity index (χ2v) is 6.06. The van der Waals surface area contributed by atoms with E-state index in [0.717, 1.165) is 25.1 Å². The molecule has 2 N–H and O–H groups in total. The van der Waals surface area contributed by atoms with Gasteiger partial charge in [0.15, 0.2) is 0 Å². The van der Waals surface area contributed by atoms with Crippen molar-refractivity contribution in [3.8, 4) is 5.75 Å². The molecule has 1 aliphatic heterocycles. The van der Waals surface area contributed by atoms with Crippen LogP contribution in [0.15, 0.2) is 47.2 Å². The van der Waals surface area contributed by atoms with Crippen LogP contribution in [-0.2, 0) is 11.2 Å². The minimum atomic E-state index is 0.324. The number of phenolic OH excluding ortho intramolecular Hbond substituents is 1. The van der Waals surface area contributed by atoms with E-state index >= 15 is 0 Å². The maximum Gasteiger partial charge on any atom is 0.117 e. The van der Waals surface area contributed by atoms with Crippen LogP contribution in [0.4, 0.5) is 0 Å². The Labute approximate surface area is 126 Å². The smallest absolute Gasteiger partial charge is 0.117 e. The third kappa shape index (κ3) is 2.98. The minimum absolute atomic E-state index is 0.324. The summed E-state index contributed by atoms with van der Waals surface area (Å²) in [4.78, 5) is 0. The van der Waals surface area contributed by atoms with Gasteiger partial charge in [0.25, 0.3) is 0 Å². The van der Waals surface area contributed by atoms with Crippen molar-refractivity contribution in [1.82, 2.24) is 5.32 Å². The molecule has 2 aliphatic rings. The average molecular weight is 285 g/mol. The number of benzene rings is 1. The molecule has 0 bridgehead atoms. The standard InChI is InChI=1S/C18H23NO2/c1-12-9-14-7-8-19-17(16(14)11-18(12)21-2)10-13-3-5-15(20)6-4-13/h3-6,11,14,17,19-20H,7-10H2,1-2H3. The normalized spacial score (nSPS) is 25.3. The summed E-state index contributed by atoms with van der Waals surface area (Å²) in [6.45, 7) is 3.24. The molecule has 0 aromatic heterocycles. The molecular formula is C18H23NO2. The number of hydrogen-bond donors (Lipinski definition) is 2. The summed E-state index contributed by atoms with van der Waals surface area (Å²) < 4.78 is 5.51. The third-order valence-corrected chi connectivity index (χ3v) is 4.62. The first-order valence-electron chi connectivity index (χ1n) is 7.64. The Morgan fingerprint density at radius 3 is 2.76 bits per heavy atom. The van der Waals surface area contributed by atoms with Gasteiger partial charge in [0, 0.05) is 6.04 Å². The van der Waals surface area contributed by atoms with Crippen molar-refractivity contribution < 1.29 is 9.84 Å². The van der Waals surface area contributed by atoms with E-state index in [-0.39, 0.29) is 0 Å². The number of ether oxygens (including phenoxy) is 1. The first kappa shape index (κ1) is 14.2. The summed E-state index contributed by atoms with van der Waals surface area (Å²) in [6.07, 6.45) is 5.51. The summed E-state index contributed by atoms with van der Waals surface area (Å²) in [5.74, 6) is 2.00. The monoisotopic (exact) mass is 285 g/mol. The number of fused-ring (bicyclic) bond motifs is 1. The fraction of sp³-hybridized carbons (Fsp3) is 0.444. The van der Waals surface area contributed by atoms with Gasteiger partial charge in [-0.1, -0.05) is 12.1 Å². The fourth-order valence-corrected chi connectivity index (χ4v) is 3.47. The van der Waals surface area contributed by atoms with Gasteiger partial charge in [-0.15, -0.1) is 0 Å². The number of methoxy groups -OCH3 is 1. The molecule has 2 atom stereocenters. The molecule has 0 spiro atoms. The average Bonchev–Trinajstić information content (AvgIpc) is 2.49. The highest BCUT2D eigenvalue weighted by molar-refractivity contribution is 5.36. The quantitative estimate of drug-likeness (QED) is 0.896. The molecule has 3 nitrogen and oxygen atoms in total. The zero-order valence-electron chi connectivity index (χ0n) is 12.7. The van der Waals surface area contributed by atoms with Crippen LogP contribution in [0.2, 0.25) is 0 Å². The highest BCUT2D eigenvalue weighted by Crippen LogP contribution is 2.36. The Morgan fingerprint density at radius 1 is 1.29 bits per heavy atom. The van der Waals surface area contributed by atoms with E-state index < -0.39 is 0 Å². The molecule has 1 aromatic rings. The van der Waals surface area contributed by atoms with Crippen molar-refractivity contribution in [2.45, 2.75) is 32.2 Å². The van der Waals surface area contributed by atoms with E-state index in [1.807, 2.05) is 12.1 Å². The molecule has 1 aromatic carbocycles. The zero-order chi connectivity index (χ0) is 14.8. The summed E-state index contributed by atoms with van der Waals surface area (Å²) in [5, 5.41) is 13.0. The van der Waals surface area contributed by atoms with Crippen LogP contribution < -0.4 is 5.32 Å². The van der Waals surface area contributed by atoms with Crippen LogP contribution in [0.3, 0.4) is 0 Å². The van der Waals surface area contributed by atoms with E-state index in [1.54, 1.807) is 19.2 Å². The molecule has 112 valence electrons. The van der Waals surface area contributed by atoms with E-state index in [2.05, 4.69) is 18.3 Å². The minimum Gasteiger partial charge on any atom is -0.508 e. The van der Waals surface area contributed by atoms with Crippen LogP contribution in [0.25, 0.3) is 0 Å². The Balaban J connectivity index is 1.83. The molecule has 1 fully saturated rings. The molecule has 0 radical (unpaired) electrons. The molecule has 2 unspecified atom stereocenters. The summed E-state index contributed by atoms with van der Waals surface area (Å²) in [6, 6.07) is 7.89. The van der Waals surface area contributed by atoms with Crippen molar-refractivity contribution in [2.75, 3.05) is 13.7 Å². The second-order valence-electron chi connectivity index (χ2n) is 6.06. The van der Waals surface area contributed by atoms with E-state index in [4.69, 9.17) is 4.74 Å². The predicted octanol–water partition coefficient (Wildman–Crippen LogP) is 3.16. The first-order valence-corrected chi connectivity index (χ1v) is 7.64. The van der Waals surface area contributed by atoms with Crippen LogP contribution >= 0.6 is 0 Å². The number of phenols is 1. The van der Waals surface area contributed by atoms with E-state index in [1.165, 1.54) is 23.1 Å². The highest BCUT2D eigenvalue weighted by Gasteiger charge is 2.30. The van der Waals surface area contributed by atoms with Gasteiger partial charge in [0.2, 0.25) is 0 Å². The van der Waals surface area contributed by atoms with Crippen LogP contribution in [0.1, 0.15) is 25.3 Å². The Morgan fingerprint density at radius 2 is 2.05 bits per heavy atom. The Kier molecular flexibility index (Phi) is 4.02. The van der Waals surface area contributed by atoms with Crippen molar-refractivity contribution >= 4 is 0 Å². The number of aromatic hydroxyl groups is 1. The molecule has 1 saturated heterocycles. The van der Waals surface area contributed by atoms with Gasteiger partial charge in [0.1, 0.15) is 11.5 Å². The van der Waals surface area contributed by atoms with Crippen molar-refractivity contribution in [3.05, 3.63) is 52.8 Å². The Hall–Kier alpha value is -1.74. The van der Waals surface area contributed by atoms with Gasteiger partial charge in [-0.3, -0.25) is 0 Å². The first-order chi connectivity index (χ1) is 10.2. The number of nitrogens with one attached hydrogen (secondary N) is 1. The highest BCUT2D eigenvalue weighted by atomic mass is 16.5. The van der Waals surface area contributed by atoms with E-state index in [9.17, 15) is 5.11 Å². The number of allylic oxidation sites excluding steroid dienone is 2. The maximum atomic E-state index is 9.40. The van der Waals surface area contributed by atoms with Gasteiger partial charge in [-0.2, -0.15) is 0 Å². The number of piperidine rings is 1. The lowest BCUT2D eigenvalue weighted by Crippen LogP contribution is -2.42. The van der Waals surface area contributed by atoms with Crippen molar-refractivity contribution in [1.29, 1.82) is 0 Å². The van der Waals surface area contributed by atoms with Gasteiger partial charge < -0.3 is 15.2 Å². The second kappa shape index (κ2) is 5.94. The molecular weight excluding hydrogens is 262 g/mol. The van der Waals surface area contributed by atoms with Gasteiger partial charge in [0.05, 0.1) is 7.11 Å². The SMILES string of the molecule is COC1=C(C)CC2CCNC(Cc3ccc(O)cc3)C2=C1. The van der Waals surface area contributed by atoms with Gasteiger partial charge in [-0.05, 0) is 73.6 Å². The number of hydrogen-bond acceptors (Lipinski definition) is 3. The zero-order valence-corrected chi connectivity index (χ0v) is 12.7. The third-order valence-electron chi connectivity index (χ3n) is 4.62. The topological polar surface area (TPSA) is 41.5 Å². The lowest BCUT2D eigenvalue weighted by molar-refractivity contribution is 0.286. The summed E-state index contributed by atoms with van der Waals surface area (Å²) in [7, 11) is 1.75. The Bertz CT molecular complexity index is 571. The lowest BCUT2D eigenvalue weighted by Gasteiger charge is -2.37. The molecule has 0 amide bonds. The molecule has 3 rings (SSSR count). The van der Waals surface area contributed by atoms with Crippen molar-refractivity contribution in [3.63, 3.8) is 0 Å². The van der Waals surface area contributed by atoms with Crippen LogP contribution in [-0.4, -0.2) is 24.8 Å². The van der Waals surface area contributed by atoms with Gasteiger partial charge in [-0.25, -0.2) is 0 Å². The molecule has 1 aliphatic carbocycles. The fourth-order valence-electron chi connectivity index (χ4n) is 3.47. The molecule has 0 saturated carbocycles. The maximum absolute atomic E-state index is 9.40. The van der Waals surface area contributed by atoms with E-state index in [0.29, 0.717) is 17.7 Å². The molecule has 3 heteroatoms. The van der Waals surface area contributed by atoms with Crippen LogP contribution in [0.5, 0.6) is 5.75 Å².